The van der Waals surface area contributed by atoms with Gasteiger partial charge in [-0.15, -0.1) is 0 Å². The van der Waals surface area contributed by atoms with E-state index in [1.165, 1.54) is 57.3 Å². The van der Waals surface area contributed by atoms with Crippen molar-refractivity contribution < 1.29 is 93.0 Å². The van der Waals surface area contributed by atoms with Gasteiger partial charge < -0.3 is 45.2 Å². The largest absolute Gasteiger partial charge is 2.00 e. The summed E-state index contributed by atoms with van der Waals surface area (Å²) in [5, 5.41) is 27.3. The number of carbonyl (C=O) groups is 2. The summed E-state index contributed by atoms with van der Waals surface area (Å²) in [5.74, 6) is -2.53. The monoisotopic (exact) mass is 1390 g/mol. The van der Waals surface area contributed by atoms with E-state index in [4.69, 9.17) is 45.2 Å². The molecule has 1 fully saturated rings. The number of para-hydroxylation sites is 4. The van der Waals surface area contributed by atoms with Crippen LogP contribution in [0.4, 0.5) is 49.1 Å². The molecule has 0 N–H and O–H groups in total. The number of aliphatic imine (C=N–C) groups is 2. The molecule has 0 bridgehead atoms. The Morgan fingerprint density at radius 3 is 0.773 bits per heavy atom. The first-order chi connectivity index (χ1) is 33.9. The molecule has 0 saturated carbocycles. The van der Waals surface area contributed by atoms with Crippen LogP contribution < -0.4 is 10.2 Å². The minimum Gasteiger partial charge on any atom is -0.542 e. The van der Waals surface area contributed by atoms with E-state index in [0.29, 0.717) is 47.3 Å². The predicted octanol–water partition coefficient (Wildman–Crippen LogP) is 16.5. The van der Waals surface area contributed by atoms with Gasteiger partial charge in [0.15, 0.2) is 0 Å². The average Bonchev–Trinajstić information content (AvgIpc) is 3.89. The fraction of sp³-hybridized carbons (Fsp3) is 0.517. The van der Waals surface area contributed by atoms with Crippen LogP contribution in [0.2, 0.25) is 0 Å². The van der Waals surface area contributed by atoms with Crippen LogP contribution in [0.1, 0.15) is 215 Å². The summed E-state index contributed by atoms with van der Waals surface area (Å²) < 4.78 is 68.0. The van der Waals surface area contributed by atoms with Crippen LogP contribution in [0.3, 0.4) is 0 Å². The Morgan fingerprint density at radius 1 is 0.440 bits per heavy atom. The second-order valence-electron chi connectivity index (χ2n) is 20.0. The van der Waals surface area contributed by atoms with Crippen molar-refractivity contribution in [2.24, 2.45) is 9.98 Å². The average molecular weight is 1390 g/mol. The molecule has 0 atom stereocenters. The van der Waals surface area contributed by atoms with Gasteiger partial charge in [-0.3, -0.25) is 0 Å². The van der Waals surface area contributed by atoms with Crippen molar-refractivity contribution in [3.8, 4) is 0 Å². The molecule has 0 unspecified atom stereocenters. The molecule has 1 aliphatic heterocycles. The van der Waals surface area contributed by atoms with Crippen LogP contribution in [-0.4, -0.2) is 50.2 Å². The Bertz CT molecular complexity index is 2110. The van der Waals surface area contributed by atoms with Crippen LogP contribution >= 0.6 is 0 Å². The van der Waals surface area contributed by atoms with Gasteiger partial charge in [-0.2, -0.15) is 26.3 Å². The van der Waals surface area contributed by atoms with Gasteiger partial charge >= 0.3 is 54.5 Å². The number of aliphatic carboxylic acids is 2. The van der Waals surface area contributed by atoms with E-state index in [9.17, 15) is 26.3 Å². The molecule has 4 aromatic carbocycles. The first kappa shape index (κ1) is 72.7. The third-order valence-corrected chi connectivity index (χ3v) is 11.4. The molecule has 0 radical (unpaired) electrons. The molecule has 17 heteroatoms. The molecule has 75 heavy (non-hydrogen) atoms. The van der Waals surface area contributed by atoms with Crippen molar-refractivity contribution in [3.63, 3.8) is 0 Å². The molecule has 1 aliphatic rings. The first-order valence-electron chi connectivity index (χ1n) is 25.0. The van der Waals surface area contributed by atoms with Crippen molar-refractivity contribution in [2.75, 3.05) is 13.2 Å². The number of nitrogens with zero attached hydrogens (tertiary/aromatic N) is 4. The summed E-state index contributed by atoms with van der Waals surface area (Å²) in [4.78, 5) is 27.3. The number of rotatable bonds is 14. The SMILES string of the molecule is C1CCOC1.CC(C)c1cccc(C(C)C)c1N=C[N-]c1c(C(C)C)cccc1C(C)C.CC(C)c1cccc(C(C)C)c1N=C[N-]c1c(C(C)C)cccc1C(C)C.O=C([O-])C(F)(F)F.O=C([O-])C(F)(F)F.[W+2].[W+2]. The Labute approximate surface area is 472 Å². The van der Waals surface area contributed by atoms with Gasteiger partial charge in [0.1, 0.15) is 11.9 Å². The van der Waals surface area contributed by atoms with E-state index in [2.05, 4.69) is 184 Å². The van der Waals surface area contributed by atoms with Crippen LogP contribution in [0.5, 0.6) is 0 Å². The normalized spacial score (nSPS) is 12.5. The Hall–Kier alpha value is -4.32. The zero-order valence-corrected chi connectivity index (χ0v) is 52.3. The van der Waals surface area contributed by atoms with E-state index >= 15 is 0 Å². The molecule has 0 amide bonds. The summed E-state index contributed by atoms with van der Waals surface area (Å²) in [6.45, 7) is 37.6. The summed E-state index contributed by atoms with van der Waals surface area (Å²) in [6.07, 6.45) is -4.31. The third kappa shape index (κ3) is 25.1. The molecule has 5 rings (SSSR count). The van der Waals surface area contributed by atoms with Gasteiger partial charge in [-0.25, -0.2) is 0 Å². The Morgan fingerprint density at radius 2 is 0.627 bits per heavy atom. The molecule has 1 heterocycles. The fourth-order valence-corrected chi connectivity index (χ4v) is 7.44. The standard InChI is InChI=1S/2C25H35N2.C4H8O.2C2HF3O2.2W/c2*1-16(2)20-11-9-12-21(17(3)4)24(20)26-15-27-25-22(18(5)6)13-10-14-23(25)19(7)8;1-2-4-5-3-1;2*3-2(4,5)1(6)7;;/h2*9-19H,1-8H3;1-4H2;2*(H,6,7);;/q2*-1;;;;2*+2/p-2. The number of benzene rings is 4. The predicted molar refractivity (Wildman–Crippen MR) is 283 cm³/mol. The maximum absolute atomic E-state index is 10.5. The van der Waals surface area contributed by atoms with E-state index in [-0.39, 0.29) is 42.1 Å². The summed E-state index contributed by atoms with van der Waals surface area (Å²) in [6, 6.07) is 26.1. The van der Waals surface area contributed by atoms with Gasteiger partial charge in [0.2, 0.25) is 0 Å². The second-order valence-corrected chi connectivity index (χ2v) is 20.0. The molecule has 4 aromatic rings. The van der Waals surface area contributed by atoms with Crippen LogP contribution in [-0.2, 0) is 56.5 Å². The number of hydrogen-bond donors (Lipinski definition) is 0. The van der Waals surface area contributed by atoms with Crippen molar-refractivity contribution in [2.45, 2.75) is 183 Å². The van der Waals surface area contributed by atoms with Crippen LogP contribution in [0, 0.1) is 0 Å². The van der Waals surface area contributed by atoms with Gasteiger partial charge in [0.05, 0.1) is 0 Å². The maximum atomic E-state index is 10.5. The quantitative estimate of drug-likeness (QED) is 0.0702. The zero-order valence-electron chi connectivity index (χ0n) is 46.4. The molecular formula is C58H78F6N4O5W2. The van der Waals surface area contributed by atoms with Crippen molar-refractivity contribution in [1.82, 2.24) is 0 Å². The first-order valence-corrected chi connectivity index (χ1v) is 25.0. The van der Waals surface area contributed by atoms with Crippen LogP contribution in [0.15, 0.2) is 82.8 Å². The molecular weight excluding hydrogens is 1310 g/mol. The zero-order chi connectivity index (χ0) is 56.0. The Kier molecular flexibility index (Phi) is 34.1. The summed E-state index contributed by atoms with van der Waals surface area (Å²) in [5.41, 5.74) is 14.6. The Balaban J connectivity index is 0. The van der Waals surface area contributed by atoms with E-state index in [0.717, 1.165) is 36.0 Å². The number of carbonyl (C=O) groups excluding carboxylic acids is 2. The number of carboxylic acid groups (broad SMARTS) is 2. The van der Waals surface area contributed by atoms with Crippen molar-refractivity contribution in [1.29, 1.82) is 0 Å². The van der Waals surface area contributed by atoms with Gasteiger partial charge in [0.25, 0.3) is 0 Å². The number of carboxylic acids is 2. The summed E-state index contributed by atoms with van der Waals surface area (Å²) in [7, 11) is 0. The fourth-order valence-electron chi connectivity index (χ4n) is 7.44. The molecule has 0 aliphatic carbocycles. The smallest absolute Gasteiger partial charge is 0.542 e. The topological polar surface area (TPSA) is 142 Å². The van der Waals surface area contributed by atoms with E-state index in [1.54, 1.807) is 12.7 Å². The minimum atomic E-state index is -5.19. The molecule has 1 saturated heterocycles. The second kappa shape index (κ2) is 35.2. The summed E-state index contributed by atoms with van der Waals surface area (Å²) >= 11 is 0. The van der Waals surface area contributed by atoms with E-state index < -0.39 is 24.3 Å². The third-order valence-electron chi connectivity index (χ3n) is 11.4. The van der Waals surface area contributed by atoms with Gasteiger partial charge in [0, 0.05) is 13.2 Å². The number of alkyl halides is 6. The van der Waals surface area contributed by atoms with Crippen molar-refractivity contribution in [3.05, 3.63) is 128 Å². The van der Waals surface area contributed by atoms with Gasteiger partial charge in [-0.05, 0) is 127 Å². The molecule has 0 aromatic heterocycles. The van der Waals surface area contributed by atoms with Crippen LogP contribution in [0.25, 0.3) is 10.6 Å². The molecule has 9 nitrogen and oxygen atoms in total. The van der Waals surface area contributed by atoms with Crippen molar-refractivity contribution >= 4 is 47.4 Å². The minimum absolute atomic E-state index is 0. The maximum Gasteiger partial charge on any atom is 2.00 e. The number of hydrogen-bond acceptors (Lipinski definition) is 7. The van der Waals surface area contributed by atoms with Gasteiger partial charge in [-0.1, -0.05) is 196 Å². The molecule has 414 valence electrons. The number of ether oxygens (including phenoxy) is 1. The van der Waals surface area contributed by atoms with E-state index in [1.807, 2.05) is 0 Å². The number of halogens is 6. The molecule has 0 spiro atoms.